The molecule has 2 aliphatic rings. The summed E-state index contributed by atoms with van der Waals surface area (Å²) in [6, 6.07) is 2.17. The molecule has 3 rings (SSSR count). The van der Waals surface area contributed by atoms with Crippen molar-refractivity contribution in [2.75, 3.05) is 0 Å². The fourth-order valence-electron chi connectivity index (χ4n) is 2.84. The molecule has 1 aromatic rings. The first-order chi connectivity index (χ1) is 9.71. The Morgan fingerprint density at radius 2 is 2.44 bits per heavy atom. The molecule has 2 nitrogen and oxygen atoms in total. The van der Waals surface area contributed by atoms with Gasteiger partial charge in [0.1, 0.15) is 0 Å². The molecule has 0 aliphatic heterocycles. The van der Waals surface area contributed by atoms with Crippen molar-refractivity contribution in [3.8, 4) is 0 Å². The zero-order chi connectivity index (χ0) is 15.5. The summed E-state index contributed by atoms with van der Waals surface area (Å²) in [5.74, 6) is -1.08. The number of allylic oxidation sites excluding steroid dienone is 1. The Kier molecular flexibility index (Phi) is 2.01. The van der Waals surface area contributed by atoms with Crippen LogP contribution in [0.2, 0.25) is 5.02 Å². The molecule has 1 unspecified atom stereocenters. The summed E-state index contributed by atoms with van der Waals surface area (Å²) in [5, 5.41) is 0.393. The van der Waals surface area contributed by atoms with Gasteiger partial charge in [0.25, 0.3) is 0 Å². The Morgan fingerprint density at radius 3 is 3.17 bits per heavy atom. The first-order valence-corrected chi connectivity index (χ1v) is 6.39. The molecule has 94 valence electrons. The minimum absolute atomic E-state index is 0.120. The topological polar surface area (TPSA) is 43.1 Å². The van der Waals surface area contributed by atoms with Gasteiger partial charge in [-0.15, -0.1) is 0 Å². The monoisotopic (exact) mass is 264 g/mol. The standard InChI is InChI=1S/C15H16ClNO/c1-8-5-9-6-13-10(12(9)7-14(8)16)3-2-4-11(13)15(17)18/h5,7,11H,2-4,6H2,1H3,(H2,17,18)/i2D2,7D. The number of amides is 1. The van der Waals surface area contributed by atoms with Gasteiger partial charge in [0.2, 0.25) is 5.91 Å². The first kappa shape index (κ1) is 8.76. The minimum atomic E-state index is -1.48. The zero-order valence-electron chi connectivity index (χ0n) is 13.1. The van der Waals surface area contributed by atoms with E-state index in [2.05, 4.69) is 0 Å². The van der Waals surface area contributed by atoms with Crippen molar-refractivity contribution in [2.24, 2.45) is 11.7 Å². The number of hydrogen-bond donors (Lipinski definition) is 1. The molecule has 0 saturated carbocycles. The Hall–Kier alpha value is -1.28. The van der Waals surface area contributed by atoms with Crippen LogP contribution in [0.5, 0.6) is 0 Å². The fourth-order valence-corrected chi connectivity index (χ4v) is 2.99. The lowest BCUT2D eigenvalue weighted by molar-refractivity contribution is -0.121. The average Bonchev–Trinajstić information content (AvgIpc) is 2.71. The number of aryl methyl sites for hydroxylation is 1. The molecule has 0 heterocycles. The second-order valence-electron chi connectivity index (χ2n) is 4.93. The molecule has 0 bridgehead atoms. The van der Waals surface area contributed by atoms with E-state index in [0.717, 1.165) is 22.3 Å². The van der Waals surface area contributed by atoms with Crippen molar-refractivity contribution >= 4 is 23.1 Å². The highest BCUT2D eigenvalue weighted by Crippen LogP contribution is 2.45. The number of carbonyl (C=O) groups excluding carboxylic acids is 1. The van der Waals surface area contributed by atoms with Crippen LogP contribution in [-0.4, -0.2) is 5.91 Å². The van der Waals surface area contributed by atoms with E-state index >= 15 is 0 Å². The summed E-state index contributed by atoms with van der Waals surface area (Å²) in [5.41, 5.74) is 9.59. The van der Waals surface area contributed by atoms with Crippen molar-refractivity contribution in [1.82, 2.24) is 0 Å². The minimum Gasteiger partial charge on any atom is -0.369 e. The molecule has 1 aromatic carbocycles. The number of carbonyl (C=O) groups is 1. The predicted octanol–water partition coefficient (Wildman–Crippen LogP) is 3.24. The van der Waals surface area contributed by atoms with Crippen molar-refractivity contribution < 1.29 is 8.91 Å². The SMILES string of the molecule is [2H]c1c(Cl)c(C)cc2c1C1=C(C2)C(C(N)=O)CC([2H])([2H])C1. The summed E-state index contributed by atoms with van der Waals surface area (Å²) >= 11 is 6.17. The van der Waals surface area contributed by atoms with Crippen LogP contribution in [0.15, 0.2) is 17.7 Å². The largest absolute Gasteiger partial charge is 0.369 e. The van der Waals surface area contributed by atoms with Crippen LogP contribution in [0.4, 0.5) is 0 Å². The molecule has 1 amide bonds. The lowest BCUT2D eigenvalue weighted by Gasteiger charge is -2.22. The van der Waals surface area contributed by atoms with Crippen LogP contribution >= 0.6 is 11.6 Å². The quantitative estimate of drug-likeness (QED) is 0.831. The van der Waals surface area contributed by atoms with E-state index in [9.17, 15) is 4.79 Å². The van der Waals surface area contributed by atoms with E-state index < -0.39 is 18.2 Å². The summed E-state index contributed by atoms with van der Waals surface area (Å²) in [7, 11) is 0. The van der Waals surface area contributed by atoms with Gasteiger partial charge >= 0.3 is 0 Å². The number of hydrogen-bond acceptors (Lipinski definition) is 1. The van der Waals surface area contributed by atoms with E-state index in [0.29, 0.717) is 17.0 Å². The van der Waals surface area contributed by atoms with E-state index in [1.165, 1.54) is 0 Å². The molecular formula is C15H16ClNO. The summed E-state index contributed by atoms with van der Waals surface area (Å²) in [6.07, 6.45) is -0.582. The highest BCUT2D eigenvalue weighted by molar-refractivity contribution is 6.31. The Labute approximate surface area is 116 Å². The van der Waals surface area contributed by atoms with Crippen LogP contribution in [-0.2, 0) is 11.2 Å². The molecule has 2 N–H and O–H groups in total. The second-order valence-corrected chi connectivity index (χ2v) is 5.31. The lowest BCUT2D eigenvalue weighted by atomic mass is 9.82. The van der Waals surface area contributed by atoms with Crippen molar-refractivity contribution in [3.05, 3.63) is 39.4 Å². The number of benzene rings is 1. The van der Waals surface area contributed by atoms with Crippen LogP contribution in [0.3, 0.4) is 0 Å². The molecule has 0 spiro atoms. The smallest absolute Gasteiger partial charge is 0.224 e. The number of fused-ring (bicyclic) bond motifs is 2. The van der Waals surface area contributed by atoms with Gasteiger partial charge in [0, 0.05) is 7.76 Å². The zero-order valence-corrected chi connectivity index (χ0v) is 10.9. The molecule has 0 aromatic heterocycles. The van der Waals surface area contributed by atoms with E-state index in [-0.39, 0.29) is 18.9 Å². The van der Waals surface area contributed by atoms with Gasteiger partial charge in [-0.2, -0.15) is 0 Å². The molecule has 18 heavy (non-hydrogen) atoms. The maximum Gasteiger partial charge on any atom is 0.224 e. The number of rotatable bonds is 1. The summed E-state index contributed by atoms with van der Waals surface area (Å²) in [4.78, 5) is 11.7. The van der Waals surface area contributed by atoms with Crippen molar-refractivity contribution in [1.29, 1.82) is 0 Å². The van der Waals surface area contributed by atoms with Gasteiger partial charge in [-0.25, -0.2) is 0 Å². The number of nitrogens with two attached hydrogens (primary N) is 1. The predicted molar refractivity (Wildman–Crippen MR) is 73.3 cm³/mol. The fraction of sp³-hybridized carbons (Fsp3) is 0.400. The van der Waals surface area contributed by atoms with Gasteiger partial charge in [-0.3, -0.25) is 4.79 Å². The molecule has 0 saturated heterocycles. The Morgan fingerprint density at radius 1 is 1.67 bits per heavy atom. The van der Waals surface area contributed by atoms with Crippen LogP contribution in [0.25, 0.3) is 5.57 Å². The highest BCUT2D eigenvalue weighted by atomic mass is 35.5. The van der Waals surface area contributed by atoms with E-state index in [4.69, 9.17) is 21.4 Å². The van der Waals surface area contributed by atoms with Crippen molar-refractivity contribution in [2.45, 2.75) is 32.6 Å². The average molecular weight is 265 g/mol. The van der Waals surface area contributed by atoms with Gasteiger partial charge in [-0.1, -0.05) is 17.7 Å². The van der Waals surface area contributed by atoms with Crippen molar-refractivity contribution in [3.63, 3.8) is 0 Å². The van der Waals surface area contributed by atoms with Gasteiger partial charge < -0.3 is 5.73 Å². The summed E-state index contributed by atoms with van der Waals surface area (Å²) < 4.78 is 24.3. The molecule has 2 aliphatic carbocycles. The third-order valence-corrected chi connectivity index (χ3v) is 4.17. The molecule has 1 atom stereocenters. The number of primary amides is 1. The third-order valence-electron chi connectivity index (χ3n) is 3.78. The van der Waals surface area contributed by atoms with Gasteiger partial charge in [-0.05, 0) is 66.4 Å². The van der Waals surface area contributed by atoms with Crippen LogP contribution < -0.4 is 5.73 Å². The highest BCUT2D eigenvalue weighted by Gasteiger charge is 2.33. The first-order valence-electron chi connectivity index (χ1n) is 7.51. The third kappa shape index (κ3) is 1.67. The van der Waals surface area contributed by atoms with Gasteiger partial charge in [0.15, 0.2) is 0 Å². The van der Waals surface area contributed by atoms with Crippen LogP contribution in [0, 0.1) is 12.8 Å². The lowest BCUT2D eigenvalue weighted by Crippen LogP contribution is -2.27. The second kappa shape index (κ2) is 4.13. The molecule has 0 fully saturated rings. The Balaban J connectivity index is 2.20. The van der Waals surface area contributed by atoms with Crippen LogP contribution in [0.1, 0.15) is 40.0 Å². The Bertz CT molecular complexity index is 697. The van der Waals surface area contributed by atoms with Gasteiger partial charge in [0.05, 0.1) is 7.29 Å². The normalized spacial score (nSPS) is 27.0. The number of halogens is 1. The molecule has 3 heteroatoms. The summed E-state index contributed by atoms with van der Waals surface area (Å²) in [6.45, 7) is 1.85. The maximum atomic E-state index is 11.7. The van der Waals surface area contributed by atoms with E-state index in [1.807, 2.05) is 13.0 Å². The van der Waals surface area contributed by atoms with E-state index in [1.54, 1.807) is 0 Å². The molecule has 0 radical (unpaired) electrons. The molecular weight excluding hydrogens is 246 g/mol. The maximum absolute atomic E-state index is 11.7.